The second-order valence-corrected chi connectivity index (χ2v) is 5.55. The number of nitrogens with two attached hydrogens (primary N) is 2. The van der Waals surface area contributed by atoms with E-state index < -0.39 is 0 Å². The molecule has 0 spiro atoms. The van der Waals surface area contributed by atoms with Gasteiger partial charge in [0.25, 0.3) is 0 Å². The minimum Gasteiger partial charge on any atom is -0.389 e. The Morgan fingerprint density at radius 1 is 1.29 bits per heavy atom. The Morgan fingerprint density at radius 2 is 1.95 bits per heavy atom. The molecular formula is C14H18N4O2S. The van der Waals surface area contributed by atoms with Crippen LogP contribution in [0.2, 0.25) is 0 Å². The maximum absolute atomic E-state index is 11.9. The van der Waals surface area contributed by atoms with Crippen molar-refractivity contribution in [3.8, 4) is 0 Å². The minimum absolute atomic E-state index is 0.122. The third kappa shape index (κ3) is 4.24. The van der Waals surface area contributed by atoms with Gasteiger partial charge in [-0.2, -0.15) is 0 Å². The summed E-state index contributed by atoms with van der Waals surface area (Å²) >= 11 is 4.87. The molecule has 0 aliphatic carbocycles. The molecular weight excluding hydrogens is 288 g/mol. The van der Waals surface area contributed by atoms with Crippen molar-refractivity contribution < 1.29 is 9.59 Å². The lowest BCUT2D eigenvalue weighted by Gasteiger charge is -2.15. The number of carbonyl (C=O) groups is 2. The molecule has 0 radical (unpaired) electrons. The highest BCUT2D eigenvalue weighted by molar-refractivity contribution is 7.80. The molecule has 0 aromatic heterocycles. The Hall–Kier alpha value is -1.99. The number of likely N-dealkylation sites (tertiary alicyclic amines) is 1. The molecule has 1 aromatic rings. The topological polar surface area (TPSA) is 101 Å². The normalized spacial score (nSPS) is 18.4. The van der Waals surface area contributed by atoms with Crippen molar-refractivity contribution in [3.05, 3.63) is 29.8 Å². The molecule has 5 N–H and O–H groups in total. The van der Waals surface area contributed by atoms with E-state index in [1.807, 2.05) is 4.90 Å². The van der Waals surface area contributed by atoms with Gasteiger partial charge in [-0.3, -0.25) is 14.5 Å². The third-order valence-corrected chi connectivity index (χ3v) is 3.73. The molecule has 1 unspecified atom stereocenters. The number of hydrogen-bond donors (Lipinski definition) is 3. The van der Waals surface area contributed by atoms with E-state index in [1.54, 1.807) is 24.3 Å². The maximum Gasteiger partial charge on any atom is 0.238 e. The van der Waals surface area contributed by atoms with Crippen LogP contribution in [-0.2, 0) is 9.59 Å². The van der Waals surface area contributed by atoms with E-state index in [9.17, 15) is 9.59 Å². The Balaban J connectivity index is 1.85. The van der Waals surface area contributed by atoms with Crippen LogP contribution in [0, 0.1) is 5.92 Å². The van der Waals surface area contributed by atoms with Gasteiger partial charge in [-0.05, 0) is 37.2 Å². The second-order valence-electron chi connectivity index (χ2n) is 5.11. The molecule has 0 bridgehead atoms. The Bertz CT molecular complexity index is 559. The molecule has 1 saturated heterocycles. The molecule has 0 saturated carbocycles. The van der Waals surface area contributed by atoms with Gasteiger partial charge >= 0.3 is 0 Å². The van der Waals surface area contributed by atoms with Crippen LogP contribution >= 0.6 is 12.2 Å². The summed E-state index contributed by atoms with van der Waals surface area (Å²) < 4.78 is 0. The average molecular weight is 306 g/mol. The smallest absolute Gasteiger partial charge is 0.238 e. The average Bonchev–Trinajstić information content (AvgIpc) is 2.87. The van der Waals surface area contributed by atoms with Gasteiger partial charge < -0.3 is 16.8 Å². The van der Waals surface area contributed by atoms with Gasteiger partial charge in [0.15, 0.2) is 0 Å². The first-order valence-electron chi connectivity index (χ1n) is 6.67. The number of primary amides is 1. The number of carbonyl (C=O) groups excluding carboxylic acids is 2. The van der Waals surface area contributed by atoms with Crippen LogP contribution in [-0.4, -0.2) is 41.3 Å². The number of nitrogens with zero attached hydrogens (tertiary/aromatic N) is 1. The molecule has 2 amide bonds. The number of anilines is 1. The van der Waals surface area contributed by atoms with Gasteiger partial charge in [0, 0.05) is 17.8 Å². The monoisotopic (exact) mass is 306 g/mol. The fourth-order valence-corrected chi connectivity index (χ4v) is 2.47. The lowest BCUT2D eigenvalue weighted by atomic mass is 10.1. The van der Waals surface area contributed by atoms with Crippen molar-refractivity contribution in [1.29, 1.82) is 0 Å². The first-order valence-corrected chi connectivity index (χ1v) is 7.08. The predicted octanol–water partition coefficient (Wildman–Crippen LogP) is 0.0665. The largest absolute Gasteiger partial charge is 0.389 e. The van der Waals surface area contributed by atoms with Crippen molar-refractivity contribution in [2.75, 3.05) is 25.0 Å². The lowest BCUT2D eigenvalue weighted by molar-refractivity contribution is -0.122. The van der Waals surface area contributed by atoms with Crippen molar-refractivity contribution in [3.63, 3.8) is 0 Å². The predicted molar refractivity (Wildman–Crippen MR) is 84.7 cm³/mol. The summed E-state index contributed by atoms with van der Waals surface area (Å²) in [5, 5.41) is 2.80. The molecule has 1 fully saturated rings. The molecule has 112 valence electrons. The first kappa shape index (κ1) is 15.4. The van der Waals surface area contributed by atoms with Crippen molar-refractivity contribution >= 4 is 34.7 Å². The fraction of sp³-hybridized carbons (Fsp3) is 0.357. The van der Waals surface area contributed by atoms with Gasteiger partial charge in [0.1, 0.15) is 4.99 Å². The molecule has 1 aliphatic rings. The van der Waals surface area contributed by atoms with E-state index in [2.05, 4.69) is 5.32 Å². The van der Waals surface area contributed by atoms with E-state index in [1.165, 1.54) is 0 Å². The van der Waals surface area contributed by atoms with Crippen LogP contribution in [0.3, 0.4) is 0 Å². The van der Waals surface area contributed by atoms with E-state index in [0.29, 0.717) is 30.2 Å². The summed E-state index contributed by atoms with van der Waals surface area (Å²) in [6, 6.07) is 7.03. The fourth-order valence-electron chi connectivity index (χ4n) is 2.33. The molecule has 6 nitrogen and oxygen atoms in total. The SMILES string of the molecule is NC(=O)C1CCN(CC(=O)Nc2ccc(C(N)=S)cc2)C1. The van der Waals surface area contributed by atoms with Crippen LogP contribution < -0.4 is 16.8 Å². The highest BCUT2D eigenvalue weighted by Gasteiger charge is 2.27. The standard InChI is InChI=1S/C14H18N4O2S/c15-13(20)10-5-6-18(7-10)8-12(19)17-11-3-1-9(2-4-11)14(16)21/h1-4,10H,5-8H2,(H2,15,20)(H2,16,21)(H,17,19). The Labute approximate surface area is 128 Å². The van der Waals surface area contributed by atoms with Crippen LogP contribution in [0.1, 0.15) is 12.0 Å². The van der Waals surface area contributed by atoms with Crippen LogP contribution in [0.5, 0.6) is 0 Å². The van der Waals surface area contributed by atoms with Gasteiger partial charge in [0.2, 0.25) is 11.8 Å². The summed E-state index contributed by atoms with van der Waals surface area (Å²) in [7, 11) is 0. The summed E-state index contributed by atoms with van der Waals surface area (Å²) in [5.74, 6) is -0.572. The highest BCUT2D eigenvalue weighted by atomic mass is 32.1. The lowest BCUT2D eigenvalue weighted by Crippen LogP contribution is -2.33. The summed E-state index contributed by atoms with van der Waals surface area (Å²) in [6.07, 6.45) is 0.714. The van der Waals surface area contributed by atoms with Gasteiger partial charge in [0.05, 0.1) is 12.5 Å². The van der Waals surface area contributed by atoms with Gasteiger partial charge in [-0.25, -0.2) is 0 Å². The summed E-state index contributed by atoms with van der Waals surface area (Å²) in [6.45, 7) is 1.51. The number of hydrogen-bond acceptors (Lipinski definition) is 4. The summed E-state index contributed by atoms with van der Waals surface area (Å²) in [5.41, 5.74) is 12.2. The van der Waals surface area contributed by atoms with Crippen LogP contribution in [0.15, 0.2) is 24.3 Å². The van der Waals surface area contributed by atoms with Crippen molar-refractivity contribution in [1.82, 2.24) is 4.90 Å². The van der Waals surface area contributed by atoms with Crippen LogP contribution in [0.25, 0.3) is 0 Å². The van der Waals surface area contributed by atoms with E-state index in [0.717, 1.165) is 5.56 Å². The number of thiocarbonyl (C=S) groups is 1. The van der Waals surface area contributed by atoms with E-state index in [-0.39, 0.29) is 24.3 Å². The van der Waals surface area contributed by atoms with E-state index >= 15 is 0 Å². The summed E-state index contributed by atoms with van der Waals surface area (Å²) in [4.78, 5) is 25.3. The number of rotatable bonds is 5. The minimum atomic E-state index is -0.300. The van der Waals surface area contributed by atoms with Gasteiger partial charge in [-0.15, -0.1) is 0 Å². The molecule has 1 heterocycles. The number of benzene rings is 1. The molecule has 1 aromatic carbocycles. The molecule has 7 heteroatoms. The third-order valence-electron chi connectivity index (χ3n) is 3.50. The molecule has 2 rings (SSSR count). The molecule has 21 heavy (non-hydrogen) atoms. The quantitative estimate of drug-likeness (QED) is 0.668. The maximum atomic E-state index is 11.9. The first-order chi connectivity index (χ1) is 9.95. The van der Waals surface area contributed by atoms with Crippen LogP contribution in [0.4, 0.5) is 5.69 Å². The van der Waals surface area contributed by atoms with Crippen molar-refractivity contribution in [2.24, 2.45) is 17.4 Å². The van der Waals surface area contributed by atoms with E-state index in [4.69, 9.17) is 23.7 Å². The Morgan fingerprint density at radius 3 is 2.48 bits per heavy atom. The van der Waals surface area contributed by atoms with Gasteiger partial charge in [-0.1, -0.05) is 12.2 Å². The zero-order valence-corrected chi connectivity index (χ0v) is 12.4. The second kappa shape index (κ2) is 6.64. The molecule has 1 atom stereocenters. The molecule has 1 aliphatic heterocycles. The van der Waals surface area contributed by atoms with Crippen molar-refractivity contribution in [2.45, 2.75) is 6.42 Å². The number of amides is 2. The highest BCUT2D eigenvalue weighted by Crippen LogP contribution is 2.15. The zero-order chi connectivity index (χ0) is 15.4. The zero-order valence-electron chi connectivity index (χ0n) is 11.5. The number of nitrogens with one attached hydrogen (secondary N) is 1. The Kier molecular flexibility index (Phi) is 4.87.